The molecule has 0 aromatic heterocycles. The molecule has 0 aliphatic carbocycles. The minimum absolute atomic E-state index is 0.244. The maximum Gasteiger partial charge on any atom is 0.253 e. The zero-order chi connectivity index (χ0) is 16.8. The van der Waals surface area contributed by atoms with Crippen LogP contribution in [-0.4, -0.2) is 17.9 Å². The van der Waals surface area contributed by atoms with E-state index in [0.29, 0.717) is 17.1 Å². The molecule has 2 aromatic rings. The van der Waals surface area contributed by atoms with Crippen LogP contribution in [0.25, 0.3) is 0 Å². The smallest absolute Gasteiger partial charge is 0.253 e. The SMILES string of the molecule is Cc1ccc(CNC(=O)C(C)NC(=O)c2ccccc2Cl)cc1. The Morgan fingerprint density at radius 3 is 2.39 bits per heavy atom. The predicted octanol–water partition coefficient (Wildman–Crippen LogP) is 3.08. The molecule has 0 saturated carbocycles. The van der Waals surface area contributed by atoms with Crippen LogP contribution in [0.4, 0.5) is 0 Å². The summed E-state index contributed by atoms with van der Waals surface area (Å²) in [6.45, 7) is 4.07. The van der Waals surface area contributed by atoms with E-state index in [-0.39, 0.29) is 11.8 Å². The Labute approximate surface area is 140 Å². The molecule has 0 aliphatic rings. The summed E-state index contributed by atoms with van der Waals surface area (Å²) in [6.07, 6.45) is 0. The van der Waals surface area contributed by atoms with Gasteiger partial charge >= 0.3 is 0 Å². The van der Waals surface area contributed by atoms with E-state index in [2.05, 4.69) is 10.6 Å². The molecule has 5 heteroatoms. The highest BCUT2D eigenvalue weighted by molar-refractivity contribution is 6.33. The summed E-state index contributed by atoms with van der Waals surface area (Å²) in [6, 6.07) is 14.0. The van der Waals surface area contributed by atoms with Gasteiger partial charge in [0.05, 0.1) is 10.6 Å². The largest absolute Gasteiger partial charge is 0.350 e. The highest BCUT2D eigenvalue weighted by atomic mass is 35.5. The number of carbonyl (C=O) groups excluding carboxylic acids is 2. The molecule has 2 aromatic carbocycles. The molecule has 0 heterocycles. The van der Waals surface area contributed by atoms with Crippen molar-refractivity contribution in [2.45, 2.75) is 26.4 Å². The first-order valence-electron chi connectivity index (χ1n) is 7.36. The van der Waals surface area contributed by atoms with Crippen molar-refractivity contribution in [1.29, 1.82) is 0 Å². The molecule has 2 N–H and O–H groups in total. The van der Waals surface area contributed by atoms with Crippen LogP contribution >= 0.6 is 11.6 Å². The number of benzene rings is 2. The number of hydrogen-bond donors (Lipinski definition) is 2. The lowest BCUT2D eigenvalue weighted by atomic mass is 10.1. The topological polar surface area (TPSA) is 58.2 Å². The molecule has 0 saturated heterocycles. The van der Waals surface area contributed by atoms with Gasteiger partial charge in [-0.3, -0.25) is 9.59 Å². The van der Waals surface area contributed by atoms with Gasteiger partial charge in [0.1, 0.15) is 6.04 Å². The molecule has 1 atom stereocenters. The second-order valence-electron chi connectivity index (χ2n) is 5.38. The summed E-state index contributed by atoms with van der Waals surface area (Å²) in [5, 5.41) is 5.81. The number of amides is 2. The van der Waals surface area contributed by atoms with Gasteiger partial charge in [0.15, 0.2) is 0 Å². The first kappa shape index (κ1) is 17.0. The molecule has 2 amide bonds. The number of halogens is 1. The summed E-state index contributed by atoms with van der Waals surface area (Å²) in [5.74, 6) is -0.612. The Kier molecular flexibility index (Phi) is 5.77. The highest BCUT2D eigenvalue weighted by Crippen LogP contribution is 2.14. The van der Waals surface area contributed by atoms with Crippen molar-refractivity contribution in [3.05, 3.63) is 70.2 Å². The first-order valence-corrected chi connectivity index (χ1v) is 7.74. The van der Waals surface area contributed by atoms with E-state index in [4.69, 9.17) is 11.6 Å². The molecule has 0 radical (unpaired) electrons. The van der Waals surface area contributed by atoms with Gasteiger partial charge in [-0.2, -0.15) is 0 Å². The van der Waals surface area contributed by atoms with Gasteiger partial charge < -0.3 is 10.6 Å². The van der Waals surface area contributed by atoms with E-state index in [0.717, 1.165) is 5.56 Å². The van der Waals surface area contributed by atoms with Crippen LogP contribution < -0.4 is 10.6 Å². The first-order chi connectivity index (χ1) is 11.0. The molecule has 120 valence electrons. The van der Waals surface area contributed by atoms with Gasteiger partial charge in [0.2, 0.25) is 5.91 Å². The van der Waals surface area contributed by atoms with Gasteiger partial charge in [-0.15, -0.1) is 0 Å². The molecule has 0 aliphatic heterocycles. The summed E-state index contributed by atoms with van der Waals surface area (Å²) in [5.41, 5.74) is 2.53. The third-order valence-corrected chi connectivity index (χ3v) is 3.78. The summed E-state index contributed by atoms with van der Waals surface area (Å²) in [4.78, 5) is 24.2. The quantitative estimate of drug-likeness (QED) is 0.885. The molecule has 0 bridgehead atoms. The van der Waals surface area contributed by atoms with Gasteiger partial charge in [-0.05, 0) is 31.5 Å². The average Bonchev–Trinajstić information content (AvgIpc) is 2.54. The van der Waals surface area contributed by atoms with Crippen LogP contribution in [0.1, 0.15) is 28.4 Å². The zero-order valence-corrected chi connectivity index (χ0v) is 13.9. The molecule has 1 unspecified atom stereocenters. The minimum atomic E-state index is -0.649. The maximum absolute atomic E-state index is 12.1. The highest BCUT2D eigenvalue weighted by Gasteiger charge is 2.17. The van der Waals surface area contributed by atoms with Crippen molar-refractivity contribution in [1.82, 2.24) is 10.6 Å². The van der Waals surface area contributed by atoms with Crippen molar-refractivity contribution in [3.63, 3.8) is 0 Å². The van der Waals surface area contributed by atoms with Crippen molar-refractivity contribution in [2.75, 3.05) is 0 Å². The van der Waals surface area contributed by atoms with Gasteiger partial charge in [-0.25, -0.2) is 0 Å². The lowest BCUT2D eigenvalue weighted by Gasteiger charge is -2.14. The Bertz CT molecular complexity index is 698. The molecule has 4 nitrogen and oxygen atoms in total. The number of nitrogens with one attached hydrogen (secondary N) is 2. The monoisotopic (exact) mass is 330 g/mol. The number of aryl methyl sites for hydroxylation is 1. The van der Waals surface area contributed by atoms with Crippen molar-refractivity contribution in [3.8, 4) is 0 Å². The maximum atomic E-state index is 12.1. The van der Waals surface area contributed by atoms with Crippen molar-refractivity contribution < 1.29 is 9.59 Å². The van der Waals surface area contributed by atoms with E-state index in [1.807, 2.05) is 31.2 Å². The molecular weight excluding hydrogens is 312 g/mol. The molecule has 23 heavy (non-hydrogen) atoms. The van der Waals surface area contributed by atoms with Gasteiger partial charge in [-0.1, -0.05) is 53.6 Å². The van der Waals surface area contributed by atoms with Crippen LogP contribution in [-0.2, 0) is 11.3 Å². The fourth-order valence-corrected chi connectivity index (χ4v) is 2.26. The lowest BCUT2D eigenvalue weighted by Crippen LogP contribution is -2.44. The second kappa shape index (κ2) is 7.79. The number of carbonyl (C=O) groups is 2. The normalized spacial score (nSPS) is 11.6. The van der Waals surface area contributed by atoms with E-state index in [9.17, 15) is 9.59 Å². The van der Waals surface area contributed by atoms with Gasteiger partial charge in [0, 0.05) is 6.54 Å². The standard InChI is InChI=1S/C18H19ClN2O2/c1-12-7-9-14(10-8-12)11-20-17(22)13(2)21-18(23)15-5-3-4-6-16(15)19/h3-10,13H,11H2,1-2H3,(H,20,22)(H,21,23). The lowest BCUT2D eigenvalue weighted by molar-refractivity contribution is -0.122. The van der Waals surface area contributed by atoms with Crippen LogP contribution in [0.2, 0.25) is 5.02 Å². The molecule has 2 rings (SSSR count). The van der Waals surface area contributed by atoms with E-state index in [1.54, 1.807) is 31.2 Å². The number of hydrogen-bond acceptors (Lipinski definition) is 2. The zero-order valence-electron chi connectivity index (χ0n) is 13.1. The third-order valence-electron chi connectivity index (χ3n) is 3.45. The van der Waals surface area contributed by atoms with Crippen LogP contribution in [0.15, 0.2) is 48.5 Å². The fraction of sp³-hybridized carbons (Fsp3) is 0.222. The van der Waals surface area contributed by atoms with Crippen LogP contribution in [0.5, 0.6) is 0 Å². The van der Waals surface area contributed by atoms with Crippen LogP contribution in [0.3, 0.4) is 0 Å². The second-order valence-corrected chi connectivity index (χ2v) is 5.79. The Morgan fingerprint density at radius 2 is 1.74 bits per heavy atom. The minimum Gasteiger partial charge on any atom is -0.350 e. The number of rotatable bonds is 5. The van der Waals surface area contributed by atoms with Crippen molar-refractivity contribution >= 4 is 23.4 Å². The molecular formula is C18H19ClN2O2. The Balaban J connectivity index is 1.88. The van der Waals surface area contributed by atoms with Crippen LogP contribution in [0, 0.1) is 6.92 Å². The Morgan fingerprint density at radius 1 is 1.09 bits per heavy atom. The summed E-state index contributed by atoms with van der Waals surface area (Å²) in [7, 11) is 0. The molecule has 0 spiro atoms. The third kappa shape index (κ3) is 4.83. The Hall–Kier alpha value is -2.33. The molecule has 0 fully saturated rings. The van der Waals surface area contributed by atoms with Crippen molar-refractivity contribution in [2.24, 2.45) is 0 Å². The van der Waals surface area contributed by atoms with Gasteiger partial charge in [0.25, 0.3) is 5.91 Å². The van der Waals surface area contributed by atoms with E-state index < -0.39 is 6.04 Å². The summed E-state index contributed by atoms with van der Waals surface area (Å²) < 4.78 is 0. The van der Waals surface area contributed by atoms with E-state index in [1.165, 1.54) is 5.56 Å². The summed E-state index contributed by atoms with van der Waals surface area (Å²) >= 11 is 5.97. The fourth-order valence-electron chi connectivity index (χ4n) is 2.03. The predicted molar refractivity (Wildman–Crippen MR) is 91.4 cm³/mol. The average molecular weight is 331 g/mol. The van der Waals surface area contributed by atoms with E-state index >= 15 is 0 Å².